The third-order valence-corrected chi connectivity index (χ3v) is 3.44. The molecular formula is C14H19ClO3. The van der Waals surface area contributed by atoms with E-state index in [1.807, 2.05) is 19.1 Å². The van der Waals surface area contributed by atoms with Crippen LogP contribution in [0.15, 0.2) is 24.3 Å². The van der Waals surface area contributed by atoms with Gasteiger partial charge in [-0.2, -0.15) is 0 Å². The summed E-state index contributed by atoms with van der Waals surface area (Å²) in [7, 11) is 0. The molecule has 0 amide bonds. The third-order valence-electron chi connectivity index (χ3n) is 3.19. The normalized spacial score (nSPS) is 16.0. The number of aliphatic carboxylic acids is 1. The molecule has 1 rings (SSSR count). The van der Waals surface area contributed by atoms with Gasteiger partial charge in [0.1, 0.15) is 0 Å². The molecule has 100 valence electrons. The molecule has 1 aromatic carbocycles. The topological polar surface area (TPSA) is 57.5 Å². The first-order valence-electron chi connectivity index (χ1n) is 6.03. The van der Waals surface area contributed by atoms with Crippen LogP contribution in [0.2, 0.25) is 5.02 Å². The summed E-state index contributed by atoms with van der Waals surface area (Å²) < 4.78 is 0. The van der Waals surface area contributed by atoms with E-state index in [-0.39, 0.29) is 6.42 Å². The van der Waals surface area contributed by atoms with Gasteiger partial charge in [0.05, 0.1) is 11.5 Å². The zero-order valence-electron chi connectivity index (χ0n) is 10.7. The summed E-state index contributed by atoms with van der Waals surface area (Å²) in [4.78, 5) is 11.2. The van der Waals surface area contributed by atoms with Crippen molar-refractivity contribution in [1.29, 1.82) is 0 Å². The molecule has 0 aliphatic carbocycles. The van der Waals surface area contributed by atoms with E-state index >= 15 is 0 Å². The van der Waals surface area contributed by atoms with E-state index in [9.17, 15) is 15.0 Å². The number of carboxylic acids is 1. The fourth-order valence-electron chi connectivity index (χ4n) is 1.83. The molecule has 0 spiro atoms. The summed E-state index contributed by atoms with van der Waals surface area (Å²) in [5.74, 6) is -1.46. The van der Waals surface area contributed by atoms with Gasteiger partial charge in [-0.15, -0.1) is 0 Å². The maximum absolute atomic E-state index is 11.2. The molecule has 0 aliphatic heterocycles. The Balaban J connectivity index is 2.75. The van der Waals surface area contributed by atoms with Crippen molar-refractivity contribution in [2.45, 2.75) is 38.7 Å². The predicted molar refractivity (Wildman–Crippen MR) is 71.8 cm³/mol. The lowest BCUT2D eigenvalue weighted by molar-refractivity contribution is -0.144. The van der Waals surface area contributed by atoms with Gasteiger partial charge in [-0.3, -0.25) is 4.79 Å². The summed E-state index contributed by atoms with van der Waals surface area (Å²) in [6, 6.07) is 7.12. The van der Waals surface area contributed by atoms with Crippen LogP contribution >= 0.6 is 11.6 Å². The van der Waals surface area contributed by atoms with Gasteiger partial charge in [0.2, 0.25) is 0 Å². The minimum Gasteiger partial charge on any atom is -0.481 e. The van der Waals surface area contributed by atoms with Crippen LogP contribution in [0.4, 0.5) is 0 Å². The number of carbonyl (C=O) groups is 1. The van der Waals surface area contributed by atoms with E-state index in [1.165, 1.54) is 0 Å². The molecule has 0 aromatic heterocycles. The lowest BCUT2D eigenvalue weighted by Crippen LogP contribution is -2.31. The first-order chi connectivity index (χ1) is 8.34. The minimum atomic E-state index is -0.935. The molecule has 0 bridgehead atoms. The maximum atomic E-state index is 11.2. The van der Waals surface area contributed by atoms with Crippen molar-refractivity contribution in [3.63, 3.8) is 0 Å². The fourth-order valence-corrected chi connectivity index (χ4v) is 1.95. The molecule has 0 fully saturated rings. The average Bonchev–Trinajstić information content (AvgIpc) is 2.31. The van der Waals surface area contributed by atoms with Crippen molar-refractivity contribution in [2.24, 2.45) is 5.92 Å². The van der Waals surface area contributed by atoms with Gasteiger partial charge in [0.15, 0.2) is 0 Å². The standard InChI is InChI=1S/C14H19ClO3/c1-3-14(2,18)9-11(13(16)17)8-10-4-6-12(15)7-5-10/h4-7,11,18H,3,8-9H2,1-2H3,(H,16,17). The van der Waals surface area contributed by atoms with Gasteiger partial charge in [-0.25, -0.2) is 0 Å². The van der Waals surface area contributed by atoms with Gasteiger partial charge >= 0.3 is 5.97 Å². The monoisotopic (exact) mass is 270 g/mol. The van der Waals surface area contributed by atoms with Gasteiger partial charge in [0, 0.05) is 5.02 Å². The molecule has 2 atom stereocenters. The highest BCUT2D eigenvalue weighted by Crippen LogP contribution is 2.24. The summed E-state index contributed by atoms with van der Waals surface area (Å²) in [5, 5.41) is 19.8. The molecule has 0 radical (unpaired) electrons. The number of carboxylic acid groups (broad SMARTS) is 1. The smallest absolute Gasteiger partial charge is 0.306 e. The average molecular weight is 271 g/mol. The van der Waals surface area contributed by atoms with Crippen LogP contribution in [-0.4, -0.2) is 21.8 Å². The van der Waals surface area contributed by atoms with Crippen LogP contribution in [0.25, 0.3) is 0 Å². The van der Waals surface area contributed by atoms with E-state index in [4.69, 9.17) is 11.6 Å². The van der Waals surface area contributed by atoms with Crippen LogP contribution in [-0.2, 0) is 11.2 Å². The van der Waals surface area contributed by atoms with E-state index in [0.717, 1.165) is 5.56 Å². The number of rotatable bonds is 6. The van der Waals surface area contributed by atoms with E-state index in [1.54, 1.807) is 19.1 Å². The van der Waals surface area contributed by atoms with Crippen LogP contribution in [0, 0.1) is 5.92 Å². The van der Waals surface area contributed by atoms with Gasteiger partial charge in [-0.05, 0) is 43.9 Å². The van der Waals surface area contributed by atoms with Crippen molar-refractivity contribution >= 4 is 17.6 Å². The Hall–Kier alpha value is -1.06. The number of benzene rings is 1. The summed E-state index contributed by atoms with van der Waals surface area (Å²) in [5.41, 5.74) is -0.0196. The van der Waals surface area contributed by atoms with Crippen LogP contribution in [0.5, 0.6) is 0 Å². The molecule has 2 unspecified atom stereocenters. The van der Waals surface area contributed by atoms with Gasteiger partial charge < -0.3 is 10.2 Å². The number of halogens is 1. The molecule has 0 heterocycles. The molecule has 2 N–H and O–H groups in total. The molecule has 4 heteroatoms. The SMILES string of the molecule is CCC(C)(O)CC(Cc1ccc(Cl)cc1)C(=O)O. The predicted octanol–water partition coefficient (Wildman–Crippen LogP) is 3.13. The summed E-state index contributed by atoms with van der Waals surface area (Å²) in [6.07, 6.45) is 1.20. The van der Waals surface area contributed by atoms with Crippen molar-refractivity contribution in [2.75, 3.05) is 0 Å². The van der Waals surface area contributed by atoms with Gasteiger partial charge in [0.25, 0.3) is 0 Å². The van der Waals surface area contributed by atoms with Crippen molar-refractivity contribution in [3.05, 3.63) is 34.9 Å². The Bertz CT molecular complexity index is 398. The Morgan fingerprint density at radius 1 is 1.39 bits per heavy atom. The largest absolute Gasteiger partial charge is 0.481 e. The van der Waals surface area contributed by atoms with Crippen molar-refractivity contribution in [3.8, 4) is 0 Å². The van der Waals surface area contributed by atoms with Crippen LogP contribution in [0.1, 0.15) is 32.3 Å². The summed E-state index contributed by atoms with van der Waals surface area (Å²) >= 11 is 5.78. The molecule has 3 nitrogen and oxygen atoms in total. The number of hydrogen-bond donors (Lipinski definition) is 2. The Kier molecular flexibility index (Phi) is 5.17. The Labute approximate surface area is 112 Å². The fraction of sp³-hybridized carbons (Fsp3) is 0.500. The molecule has 0 aliphatic rings. The zero-order valence-corrected chi connectivity index (χ0v) is 11.4. The second-order valence-electron chi connectivity index (χ2n) is 4.92. The van der Waals surface area contributed by atoms with E-state index in [0.29, 0.717) is 17.9 Å². The number of hydrogen-bond acceptors (Lipinski definition) is 2. The summed E-state index contributed by atoms with van der Waals surface area (Å²) in [6.45, 7) is 3.52. The quantitative estimate of drug-likeness (QED) is 0.835. The molecule has 0 saturated carbocycles. The van der Waals surface area contributed by atoms with Crippen molar-refractivity contribution in [1.82, 2.24) is 0 Å². The third kappa shape index (κ3) is 4.67. The highest BCUT2D eigenvalue weighted by Gasteiger charge is 2.28. The molecular weight excluding hydrogens is 252 g/mol. The second kappa shape index (κ2) is 6.21. The maximum Gasteiger partial charge on any atom is 0.306 e. The highest BCUT2D eigenvalue weighted by atomic mass is 35.5. The molecule has 1 aromatic rings. The highest BCUT2D eigenvalue weighted by molar-refractivity contribution is 6.30. The molecule has 18 heavy (non-hydrogen) atoms. The van der Waals surface area contributed by atoms with E-state index in [2.05, 4.69) is 0 Å². The number of aliphatic hydroxyl groups is 1. The lowest BCUT2D eigenvalue weighted by Gasteiger charge is -2.25. The lowest BCUT2D eigenvalue weighted by atomic mass is 9.86. The molecule has 0 saturated heterocycles. The van der Waals surface area contributed by atoms with E-state index < -0.39 is 17.5 Å². The second-order valence-corrected chi connectivity index (χ2v) is 5.36. The first kappa shape index (κ1) is 15.0. The van der Waals surface area contributed by atoms with Gasteiger partial charge in [-0.1, -0.05) is 30.7 Å². The van der Waals surface area contributed by atoms with Crippen LogP contribution in [0.3, 0.4) is 0 Å². The Morgan fingerprint density at radius 3 is 2.39 bits per heavy atom. The van der Waals surface area contributed by atoms with Crippen LogP contribution < -0.4 is 0 Å². The minimum absolute atomic E-state index is 0.251. The Morgan fingerprint density at radius 2 is 1.94 bits per heavy atom. The zero-order chi connectivity index (χ0) is 13.8. The first-order valence-corrected chi connectivity index (χ1v) is 6.41. The van der Waals surface area contributed by atoms with Crippen molar-refractivity contribution < 1.29 is 15.0 Å².